The number of carbonyl (C=O) groups excluding carboxylic acids is 1. The molecule has 0 spiro atoms. The van der Waals surface area contributed by atoms with Crippen molar-refractivity contribution in [2.45, 2.75) is 25.8 Å². The van der Waals surface area contributed by atoms with Crippen LogP contribution in [0.5, 0.6) is 0 Å². The molecule has 0 fully saturated rings. The highest BCUT2D eigenvalue weighted by Gasteiger charge is 2.06. The van der Waals surface area contributed by atoms with Crippen molar-refractivity contribution in [3.63, 3.8) is 0 Å². The number of hydrogen-bond donors (Lipinski definition) is 1. The molecule has 1 atom stereocenters. The molecule has 124 valence electrons. The number of non-ortho nitro benzene ring substituents is 1. The third-order valence-electron chi connectivity index (χ3n) is 3.61. The number of amides is 1. The van der Waals surface area contributed by atoms with Crippen molar-refractivity contribution in [2.24, 2.45) is 0 Å². The van der Waals surface area contributed by atoms with E-state index in [0.717, 1.165) is 12.8 Å². The Morgan fingerprint density at radius 1 is 1.21 bits per heavy atom. The van der Waals surface area contributed by atoms with Gasteiger partial charge < -0.3 is 5.32 Å². The van der Waals surface area contributed by atoms with Gasteiger partial charge in [-0.15, -0.1) is 0 Å². The summed E-state index contributed by atoms with van der Waals surface area (Å²) in [5, 5.41) is 13.6. The molecule has 2 aromatic carbocycles. The van der Waals surface area contributed by atoms with E-state index in [2.05, 4.69) is 17.4 Å². The first kappa shape index (κ1) is 17.4. The normalized spacial score (nSPS) is 12.0. The summed E-state index contributed by atoms with van der Waals surface area (Å²) in [7, 11) is 0. The van der Waals surface area contributed by atoms with Crippen molar-refractivity contribution in [2.75, 3.05) is 0 Å². The Labute approximate surface area is 141 Å². The van der Waals surface area contributed by atoms with Crippen LogP contribution in [0.2, 0.25) is 0 Å². The van der Waals surface area contributed by atoms with Crippen molar-refractivity contribution in [3.8, 4) is 0 Å². The Morgan fingerprint density at radius 3 is 2.67 bits per heavy atom. The SMILES string of the molecule is CC(CCc1ccccc1)NC(=O)/C=C/c1cccc([N+](=O)[O-])c1. The van der Waals surface area contributed by atoms with Gasteiger partial charge in [-0.1, -0.05) is 42.5 Å². The Balaban J connectivity index is 1.83. The third-order valence-corrected chi connectivity index (χ3v) is 3.61. The first-order chi connectivity index (χ1) is 11.5. The highest BCUT2D eigenvalue weighted by atomic mass is 16.6. The van der Waals surface area contributed by atoms with E-state index in [-0.39, 0.29) is 17.6 Å². The lowest BCUT2D eigenvalue weighted by molar-refractivity contribution is -0.384. The van der Waals surface area contributed by atoms with E-state index in [4.69, 9.17) is 0 Å². The second-order valence-electron chi connectivity index (χ2n) is 5.62. The van der Waals surface area contributed by atoms with Crippen LogP contribution in [-0.4, -0.2) is 16.9 Å². The summed E-state index contributed by atoms with van der Waals surface area (Å²) in [6.07, 6.45) is 4.72. The van der Waals surface area contributed by atoms with Gasteiger partial charge in [0.2, 0.25) is 5.91 Å². The van der Waals surface area contributed by atoms with Crippen LogP contribution in [0.3, 0.4) is 0 Å². The van der Waals surface area contributed by atoms with Crippen LogP contribution in [0.25, 0.3) is 6.08 Å². The van der Waals surface area contributed by atoms with Crippen molar-refractivity contribution in [1.82, 2.24) is 5.32 Å². The van der Waals surface area contributed by atoms with Gasteiger partial charge in [-0.25, -0.2) is 0 Å². The lowest BCUT2D eigenvalue weighted by Crippen LogP contribution is -2.31. The molecule has 0 aromatic heterocycles. The number of nitro benzene ring substituents is 1. The van der Waals surface area contributed by atoms with Crippen LogP contribution in [0, 0.1) is 10.1 Å². The molecule has 0 saturated heterocycles. The van der Waals surface area contributed by atoms with E-state index >= 15 is 0 Å². The average Bonchev–Trinajstić information content (AvgIpc) is 2.59. The van der Waals surface area contributed by atoms with Gasteiger partial charge in [-0.3, -0.25) is 14.9 Å². The Kier molecular flexibility index (Phi) is 6.25. The molecular weight excluding hydrogens is 304 g/mol. The molecule has 5 nitrogen and oxygen atoms in total. The molecule has 24 heavy (non-hydrogen) atoms. The molecule has 0 radical (unpaired) electrons. The summed E-state index contributed by atoms with van der Waals surface area (Å²) >= 11 is 0. The Bertz CT molecular complexity index is 726. The predicted octanol–water partition coefficient (Wildman–Crippen LogP) is 3.75. The van der Waals surface area contributed by atoms with E-state index in [0.29, 0.717) is 5.56 Å². The summed E-state index contributed by atoms with van der Waals surface area (Å²) in [5.41, 5.74) is 1.87. The van der Waals surface area contributed by atoms with Gasteiger partial charge in [0, 0.05) is 24.3 Å². The van der Waals surface area contributed by atoms with Gasteiger partial charge in [-0.2, -0.15) is 0 Å². The standard InChI is InChI=1S/C19H20N2O3/c1-15(10-11-16-6-3-2-4-7-16)20-19(22)13-12-17-8-5-9-18(14-17)21(23)24/h2-9,12-15H,10-11H2,1H3,(H,20,22)/b13-12+. The van der Waals surface area contributed by atoms with Crippen molar-refractivity contribution in [1.29, 1.82) is 0 Å². The lowest BCUT2D eigenvalue weighted by Gasteiger charge is -2.12. The molecule has 0 bridgehead atoms. The largest absolute Gasteiger partial charge is 0.350 e. The quantitative estimate of drug-likeness (QED) is 0.479. The molecule has 1 amide bonds. The number of hydrogen-bond acceptors (Lipinski definition) is 3. The van der Waals surface area contributed by atoms with Gasteiger partial charge >= 0.3 is 0 Å². The number of carbonyl (C=O) groups is 1. The number of nitrogens with zero attached hydrogens (tertiary/aromatic N) is 1. The maximum atomic E-state index is 11.9. The minimum atomic E-state index is -0.455. The molecule has 1 unspecified atom stereocenters. The molecular formula is C19H20N2O3. The minimum Gasteiger partial charge on any atom is -0.350 e. The maximum absolute atomic E-state index is 11.9. The van der Waals surface area contributed by atoms with Gasteiger partial charge in [0.05, 0.1) is 4.92 Å². The lowest BCUT2D eigenvalue weighted by atomic mass is 10.1. The monoisotopic (exact) mass is 324 g/mol. The topological polar surface area (TPSA) is 72.2 Å². The van der Waals surface area contributed by atoms with Gasteiger partial charge in [0.15, 0.2) is 0 Å². The summed E-state index contributed by atoms with van der Waals surface area (Å²) in [6, 6.07) is 16.3. The first-order valence-corrected chi connectivity index (χ1v) is 7.81. The zero-order chi connectivity index (χ0) is 17.4. The highest BCUT2D eigenvalue weighted by molar-refractivity contribution is 5.91. The van der Waals surface area contributed by atoms with Crippen LogP contribution < -0.4 is 5.32 Å². The van der Waals surface area contributed by atoms with E-state index in [9.17, 15) is 14.9 Å². The Hall–Kier alpha value is -2.95. The fourth-order valence-corrected chi connectivity index (χ4v) is 2.30. The van der Waals surface area contributed by atoms with Gasteiger partial charge in [0.25, 0.3) is 5.69 Å². The molecule has 5 heteroatoms. The fraction of sp³-hybridized carbons (Fsp3) is 0.211. The van der Waals surface area contributed by atoms with Gasteiger partial charge in [0.1, 0.15) is 0 Å². The van der Waals surface area contributed by atoms with Crippen LogP contribution >= 0.6 is 0 Å². The van der Waals surface area contributed by atoms with Crippen LogP contribution in [-0.2, 0) is 11.2 Å². The molecule has 0 heterocycles. The number of benzene rings is 2. The summed E-state index contributed by atoms with van der Waals surface area (Å²) in [4.78, 5) is 22.2. The summed E-state index contributed by atoms with van der Waals surface area (Å²) in [6.45, 7) is 1.96. The number of aryl methyl sites for hydroxylation is 1. The minimum absolute atomic E-state index is 0.00814. The first-order valence-electron chi connectivity index (χ1n) is 7.81. The molecule has 0 aliphatic heterocycles. The van der Waals surface area contributed by atoms with E-state index in [1.54, 1.807) is 18.2 Å². The second kappa shape index (κ2) is 8.62. The zero-order valence-corrected chi connectivity index (χ0v) is 13.5. The smallest absolute Gasteiger partial charge is 0.270 e. The van der Waals surface area contributed by atoms with Crippen molar-refractivity contribution in [3.05, 3.63) is 81.9 Å². The predicted molar refractivity (Wildman–Crippen MR) is 94.5 cm³/mol. The molecule has 0 saturated carbocycles. The molecule has 0 aliphatic rings. The van der Waals surface area contributed by atoms with E-state index < -0.39 is 4.92 Å². The number of nitro groups is 1. The van der Waals surface area contributed by atoms with Crippen molar-refractivity contribution >= 4 is 17.7 Å². The zero-order valence-electron chi connectivity index (χ0n) is 13.5. The average molecular weight is 324 g/mol. The highest BCUT2D eigenvalue weighted by Crippen LogP contribution is 2.14. The van der Waals surface area contributed by atoms with Crippen LogP contribution in [0.15, 0.2) is 60.7 Å². The molecule has 2 rings (SSSR count). The van der Waals surface area contributed by atoms with E-state index in [1.165, 1.54) is 23.8 Å². The second-order valence-corrected chi connectivity index (χ2v) is 5.62. The molecule has 1 N–H and O–H groups in total. The molecule has 0 aliphatic carbocycles. The van der Waals surface area contributed by atoms with Crippen LogP contribution in [0.4, 0.5) is 5.69 Å². The maximum Gasteiger partial charge on any atom is 0.270 e. The van der Waals surface area contributed by atoms with Crippen molar-refractivity contribution < 1.29 is 9.72 Å². The van der Waals surface area contributed by atoms with Gasteiger partial charge in [-0.05, 0) is 37.0 Å². The molecule has 2 aromatic rings. The Morgan fingerprint density at radius 2 is 1.96 bits per heavy atom. The fourth-order valence-electron chi connectivity index (χ4n) is 2.30. The van der Waals surface area contributed by atoms with Crippen LogP contribution in [0.1, 0.15) is 24.5 Å². The summed E-state index contributed by atoms with van der Waals surface area (Å²) < 4.78 is 0. The van der Waals surface area contributed by atoms with E-state index in [1.807, 2.05) is 25.1 Å². The summed E-state index contributed by atoms with van der Waals surface area (Å²) in [5.74, 6) is -0.206. The number of nitrogens with one attached hydrogen (secondary N) is 1. The third kappa shape index (κ3) is 5.68. The number of rotatable bonds is 7.